The lowest BCUT2D eigenvalue weighted by atomic mass is 10.0. The second kappa shape index (κ2) is 10.1. The minimum Gasteiger partial charge on any atom is -0.486 e. The van der Waals surface area contributed by atoms with Crippen LogP contribution in [0.4, 0.5) is 5.69 Å². The highest BCUT2D eigenvalue weighted by Gasteiger charge is 2.20. The van der Waals surface area contributed by atoms with Crippen molar-refractivity contribution in [1.82, 2.24) is 0 Å². The lowest BCUT2D eigenvalue weighted by Gasteiger charge is -2.19. The second-order valence-electron chi connectivity index (χ2n) is 7.59. The van der Waals surface area contributed by atoms with Crippen molar-refractivity contribution in [3.05, 3.63) is 72.3 Å². The van der Waals surface area contributed by atoms with Gasteiger partial charge in [-0.05, 0) is 54.4 Å². The number of anilines is 1. The number of benzene rings is 3. The van der Waals surface area contributed by atoms with E-state index in [4.69, 9.17) is 18.9 Å². The van der Waals surface area contributed by atoms with E-state index in [9.17, 15) is 14.4 Å². The second-order valence-corrected chi connectivity index (χ2v) is 7.59. The van der Waals surface area contributed by atoms with Crippen molar-refractivity contribution in [2.24, 2.45) is 0 Å². The van der Waals surface area contributed by atoms with Gasteiger partial charge in [0.15, 0.2) is 17.6 Å². The lowest BCUT2D eigenvalue weighted by Crippen LogP contribution is -2.30. The molecule has 1 amide bonds. The van der Waals surface area contributed by atoms with Crippen LogP contribution in [0.3, 0.4) is 0 Å². The van der Waals surface area contributed by atoms with Gasteiger partial charge in [0, 0.05) is 18.7 Å². The van der Waals surface area contributed by atoms with E-state index in [0.717, 1.165) is 11.1 Å². The van der Waals surface area contributed by atoms with Gasteiger partial charge in [-0.2, -0.15) is 0 Å². The SMILES string of the molecule is CC(=O)Oc1ccc(-c2ccc(C(=O)OC(C)C(=O)Nc3ccc4c(c3)OCCO4)cc2)cc1. The monoisotopic (exact) mass is 461 g/mol. The van der Waals surface area contributed by atoms with Crippen LogP contribution in [0.5, 0.6) is 17.2 Å². The molecule has 0 saturated heterocycles. The first-order valence-corrected chi connectivity index (χ1v) is 10.7. The van der Waals surface area contributed by atoms with Gasteiger partial charge in [-0.15, -0.1) is 0 Å². The highest BCUT2D eigenvalue weighted by atomic mass is 16.6. The van der Waals surface area contributed by atoms with Crippen molar-refractivity contribution in [2.75, 3.05) is 18.5 Å². The number of amides is 1. The maximum absolute atomic E-state index is 12.5. The Labute approximate surface area is 196 Å². The first-order chi connectivity index (χ1) is 16.4. The average Bonchev–Trinajstić information content (AvgIpc) is 2.84. The molecule has 1 heterocycles. The molecule has 1 unspecified atom stereocenters. The number of fused-ring (bicyclic) bond motifs is 1. The topological polar surface area (TPSA) is 100 Å². The molecule has 174 valence electrons. The zero-order valence-electron chi connectivity index (χ0n) is 18.7. The molecule has 8 heteroatoms. The fraction of sp³-hybridized carbons (Fsp3) is 0.192. The van der Waals surface area contributed by atoms with Gasteiger partial charge in [-0.3, -0.25) is 9.59 Å². The molecule has 3 aromatic carbocycles. The summed E-state index contributed by atoms with van der Waals surface area (Å²) in [6, 6.07) is 18.9. The molecule has 1 atom stereocenters. The number of ether oxygens (including phenoxy) is 4. The Morgan fingerprint density at radius 1 is 0.853 bits per heavy atom. The van der Waals surface area contributed by atoms with E-state index < -0.39 is 18.0 Å². The molecule has 0 aliphatic carbocycles. The third-order valence-corrected chi connectivity index (χ3v) is 5.03. The van der Waals surface area contributed by atoms with Crippen LogP contribution in [-0.2, 0) is 14.3 Å². The standard InChI is InChI=1S/C26H23NO7/c1-16(25(29)27-21-9-12-23-24(15-21)32-14-13-31-23)33-26(30)20-5-3-18(4-6-20)19-7-10-22(11-8-19)34-17(2)28/h3-12,15-16H,13-14H2,1-2H3,(H,27,29). The smallest absolute Gasteiger partial charge is 0.338 e. The molecule has 0 radical (unpaired) electrons. The molecule has 0 fully saturated rings. The molecule has 0 saturated carbocycles. The fourth-order valence-electron chi connectivity index (χ4n) is 3.33. The van der Waals surface area contributed by atoms with Gasteiger partial charge in [-0.25, -0.2) is 4.79 Å². The number of esters is 2. The molecule has 0 spiro atoms. The van der Waals surface area contributed by atoms with Crippen LogP contribution in [0.15, 0.2) is 66.7 Å². The van der Waals surface area contributed by atoms with Crippen molar-refractivity contribution < 1.29 is 33.3 Å². The Morgan fingerprint density at radius 2 is 1.47 bits per heavy atom. The van der Waals surface area contributed by atoms with E-state index in [0.29, 0.717) is 41.7 Å². The van der Waals surface area contributed by atoms with Crippen LogP contribution in [-0.4, -0.2) is 37.2 Å². The van der Waals surface area contributed by atoms with Gasteiger partial charge in [-0.1, -0.05) is 24.3 Å². The molecule has 1 N–H and O–H groups in total. The van der Waals surface area contributed by atoms with Gasteiger partial charge in [0.1, 0.15) is 19.0 Å². The maximum Gasteiger partial charge on any atom is 0.338 e. The Kier molecular flexibility index (Phi) is 6.77. The Bertz CT molecular complexity index is 1200. The van der Waals surface area contributed by atoms with E-state index in [1.807, 2.05) is 12.1 Å². The molecular weight excluding hydrogens is 438 g/mol. The average molecular weight is 461 g/mol. The third-order valence-electron chi connectivity index (χ3n) is 5.03. The molecule has 1 aliphatic heterocycles. The summed E-state index contributed by atoms with van der Waals surface area (Å²) >= 11 is 0. The van der Waals surface area contributed by atoms with E-state index >= 15 is 0 Å². The molecule has 34 heavy (non-hydrogen) atoms. The van der Waals surface area contributed by atoms with Crippen LogP contribution in [0, 0.1) is 0 Å². The number of hydrogen-bond donors (Lipinski definition) is 1. The molecule has 0 bridgehead atoms. The number of nitrogens with one attached hydrogen (secondary N) is 1. The first kappa shape index (κ1) is 22.8. The number of carbonyl (C=O) groups excluding carboxylic acids is 3. The minimum absolute atomic E-state index is 0.319. The molecule has 0 aromatic heterocycles. The van der Waals surface area contributed by atoms with Crippen molar-refractivity contribution in [3.8, 4) is 28.4 Å². The Morgan fingerprint density at radius 3 is 2.12 bits per heavy atom. The summed E-state index contributed by atoms with van der Waals surface area (Å²) in [7, 11) is 0. The van der Waals surface area contributed by atoms with Gasteiger partial charge in [0.05, 0.1) is 5.56 Å². The molecule has 1 aliphatic rings. The highest BCUT2D eigenvalue weighted by Crippen LogP contribution is 2.32. The Hall–Kier alpha value is -4.33. The Balaban J connectivity index is 1.34. The van der Waals surface area contributed by atoms with E-state index in [1.165, 1.54) is 13.8 Å². The first-order valence-electron chi connectivity index (χ1n) is 10.7. The van der Waals surface area contributed by atoms with Crippen LogP contribution < -0.4 is 19.5 Å². The minimum atomic E-state index is -1.01. The number of hydrogen-bond acceptors (Lipinski definition) is 7. The third kappa shape index (κ3) is 5.53. The molecular formula is C26H23NO7. The van der Waals surface area contributed by atoms with Crippen LogP contribution in [0.25, 0.3) is 11.1 Å². The molecule has 4 rings (SSSR count). The van der Waals surface area contributed by atoms with Crippen molar-refractivity contribution in [2.45, 2.75) is 20.0 Å². The summed E-state index contributed by atoms with van der Waals surface area (Å²) in [5, 5.41) is 2.71. The summed E-state index contributed by atoms with van der Waals surface area (Å²) in [5.41, 5.74) is 2.60. The van der Waals surface area contributed by atoms with Crippen LogP contribution >= 0.6 is 0 Å². The predicted molar refractivity (Wildman–Crippen MR) is 124 cm³/mol. The van der Waals surface area contributed by atoms with Gasteiger partial charge < -0.3 is 24.3 Å². The number of carbonyl (C=O) groups is 3. The van der Waals surface area contributed by atoms with E-state index in [1.54, 1.807) is 54.6 Å². The van der Waals surface area contributed by atoms with Gasteiger partial charge >= 0.3 is 11.9 Å². The fourth-order valence-corrected chi connectivity index (χ4v) is 3.33. The van der Waals surface area contributed by atoms with Crippen molar-refractivity contribution in [1.29, 1.82) is 0 Å². The zero-order chi connectivity index (χ0) is 24.1. The van der Waals surface area contributed by atoms with E-state index in [2.05, 4.69) is 5.32 Å². The van der Waals surface area contributed by atoms with Crippen molar-refractivity contribution >= 4 is 23.5 Å². The van der Waals surface area contributed by atoms with E-state index in [-0.39, 0.29) is 5.97 Å². The predicted octanol–water partition coefficient (Wildman–Crippen LogP) is 4.23. The molecule has 8 nitrogen and oxygen atoms in total. The zero-order valence-corrected chi connectivity index (χ0v) is 18.7. The summed E-state index contributed by atoms with van der Waals surface area (Å²) in [6.07, 6.45) is -1.01. The lowest BCUT2D eigenvalue weighted by molar-refractivity contribution is -0.131. The number of rotatable bonds is 6. The quantitative estimate of drug-likeness (QED) is 0.433. The summed E-state index contributed by atoms with van der Waals surface area (Å²) in [4.78, 5) is 36.0. The van der Waals surface area contributed by atoms with Gasteiger partial charge in [0.25, 0.3) is 5.91 Å². The van der Waals surface area contributed by atoms with Crippen molar-refractivity contribution in [3.63, 3.8) is 0 Å². The summed E-state index contributed by atoms with van der Waals surface area (Å²) in [5.74, 6) is 0.170. The molecule has 3 aromatic rings. The maximum atomic E-state index is 12.5. The normalized spacial score (nSPS) is 12.9. The van der Waals surface area contributed by atoms with Gasteiger partial charge in [0.2, 0.25) is 0 Å². The van der Waals surface area contributed by atoms with Crippen LogP contribution in [0.2, 0.25) is 0 Å². The van der Waals surface area contributed by atoms with Crippen LogP contribution in [0.1, 0.15) is 24.2 Å². The summed E-state index contributed by atoms with van der Waals surface area (Å²) < 4.78 is 21.3. The largest absolute Gasteiger partial charge is 0.486 e. The summed E-state index contributed by atoms with van der Waals surface area (Å²) in [6.45, 7) is 3.77. The highest BCUT2D eigenvalue weighted by molar-refractivity contribution is 5.97.